The molecule has 0 aliphatic rings. The Kier molecular flexibility index (Phi) is 2.97. The van der Waals surface area contributed by atoms with Crippen molar-refractivity contribution in [1.82, 2.24) is 4.57 Å². The van der Waals surface area contributed by atoms with Crippen LogP contribution in [0.2, 0.25) is 0 Å². The van der Waals surface area contributed by atoms with Crippen LogP contribution in [-0.4, -0.2) is 15.7 Å². The number of nitrogens with zero attached hydrogens (tertiary/aromatic N) is 1. The van der Waals surface area contributed by atoms with Gasteiger partial charge in [0.15, 0.2) is 0 Å². The largest absolute Gasteiger partial charge is 0.508 e. The van der Waals surface area contributed by atoms with Gasteiger partial charge in [-0.25, -0.2) is 0 Å². The summed E-state index contributed by atoms with van der Waals surface area (Å²) < 4.78 is 2.09. The van der Waals surface area contributed by atoms with E-state index in [9.17, 15) is 5.11 Å². The average Bonchev–Trinajstić information content (AvgIpc) is 2.66. The molecule has 3 nitrogen and oxygen atoms in total. The van der Waals surface area contributed by atoms with Gasteiger partial charge < -0.3 is 15.4 Å². The fourth-order valence-electron chi connectivity index (χ4n) is 1.78. The first kappa shape index (κ1) is 10.8. The number of benzene rings is 1. The van der Waals surface area contributed by atoms with Crippen molar-refractivity contribution < 1.29 is 5.11 Å². The number of aromatic hydroxyl groups is 1. The Morgan fingerprint density at radius 1 is 1.25 bits per heavy atom. The summed E-state index contributed by atoms with van der Waals surface area (Å²) in [6.07, 6.45) is 2.85. The first-order chi connectivity index (χ1) is 7.66. The number of hydrogen-bond donors (Lipinski definition) is 2. The molecule has 0 aliphatic heterocycles. The van der Waals surface area contributed by atoms with Crippen LogP contribution in [0.1, 0.15) is 12.6 Å². The minimum atomic E-state index is 0.144. The zero-order valence-corrected chi connectivity index (χ0v) is 9.30. The minimum Gasteiger partial charge on any atom is -0.508 e. The van der Waals surface area contributed by atoms with Crippen molar-refractivity contribution in [2.24, 2.45) is 5.73 Å². The Hall–Kier alpha value is -1.74. The molecule has 0 spiro atoms. The van der Waals surface area contributed by atoms with Gasteiger partial charge in [0.2, 0.25) is 0 Å². The third-order valence-corrected chi connectivity index (χ3v) is 2.49. The summed E-state index contributed by atoms with van der Waals surface area (Å²) in [7, 11) is 0. The minimum absolute atomic E-state index is 0.144. The molecule has 0 amide bonds. The lowest BCUT2D eigenvalue weighted by Gasteiger charge is -2.11. The van der Waals surface area contributed by atoms with Gasteiger partial charge in [-0.2, -0.15) is 0 Å². The number of aromatic nitrogens is 1. The van der Waals surface area contributed by atoms with Crippen molar-refractivity contribution in [3.8, 4) is 11.4 Å². The Labute approximate surface area is 95.1 Å². The third-order valence-electron chi connectivity index (χ3n) is 2.49. The molecule has 0 saturated heterocycles. The van der Waals surface area contributed by atoms with Crippen molar-refractivity contribution in [1.29, 1.82) is 0 Å². The van der Waals surface area contributed by atoms with E-state index in [1.54, 1.807) is 12.1 Å². The molecule has 3 N–H and O–H groups in total. The number of nitrogens with two attached hydrogens (primary N) is 1. The van der Waals surface area contributed by atoms with Gasteiger partial charge in [-0.05, 0) is 43.3 Å². The summed E-state index contributed by atoms with van der Waals surface area (Å²) in [6.45, 7) is 1.99. The molecule has 2 rings (SSSR count). The molecule has 3 heteroatoms. The standard InChI is InChI=1S/C13H16N2O/c1-10(14)9-12-3-2-8-15(12)11-4-6-13(16)7-5-11/h2-8,10,16H,9,14H2,1H3. The lowest BCUT2D eigenvalue weighted by Crippen LogP contribution is -2.19. The van der Waals surface area contributed by atoms with Gasteiger partial charge in [-0.15, -0.1) is 0 Å². The molecular weight excluding hydrogens is 200 g/mol. The van der Waals surface area contributed by atoms with Crippen molar-refractivity contribution >= 4 is 0 Å². The third kappa shape index (κ3) is 2.25. The van der Waals surface area contributed by atoms with Crippen LogP contribution < -0.4 is 5.73 Å². The molecule has 0 bridgehead atoms. The molecule has 84 valence electrons. The molecule has 1 aromatic heterocycles. The van der Waals surface area contributed by atoms with Gasteiger partial charge in [0.1, 0.15) is 5.75 Å². The van der Waals surface area contributed by atoms with E-state index in [-0.39, 0.29) is 11.8 Å². The second kappa shape index (κ2) is 4.41. The molecule has 1 atom stereocenters. The molecule has 0 aliphatic carbocycles. The Bertz CT molecular complexity index is 457. The fourth-order valence-corrected chi connectivity index (χ4v) is 1.78. The van der Waals surface area contributed by atoms with Crippen molar-refractivity contribution in [2.45, 2.75) is 19.4 Å². The van der Waals surface area contributed by atoms with Crippen LogP contribution in [0.25, 0.3) is 5.69 Å². The number of phenolic OH excluding ortho intramolecular Hbond substituents is 1. The smallest absolute Gasteiger partial charge is 0.115 e. The van der Waals surface area contributed by atoms with Gasteiger partial charge >= 0.3 is 0 Å². The normalized spacial score (nSPS) is 12.6. The van der Waals surface area contributed by atoms with Gasteiger partial charge in [0.05, 0.1) is 0 Å². The van der Waals surface area contributed by atoms with Crippen LogP contribution in [-0.2, 0) is 6.42 Å². The quantitative estimate of drug-likeness (QED) is 0.825. The molecule has 2 aromatic rings. The van der Waals surface area contributed by atoms with Gasteiger partial charge in [-0.3, -0.25) is 0 Å². The highest BCUT2D eigenvalue weighted by Crippen LogP contribution is 2.17. The Morgan fingerprint density at radius 3 is 2.56 bits per heavy atom. The van der Waals surface area contributed by atoms with Gasteiger partial charge in [0.25, 0.3) is 0 Å². The maximum absolute atomic E-state index is 9.24. The van der Waals surface area contributed by atoms with Crippen molar-refractivity contribution in [2.75, 3.05) is 0 Å². The second-order valence-corrected chi connectivity index (χ2v) is 4.07. The fraction of sp³-hybridized carbons (Fsp3) is 0.231. The summed E-state index contributed by atoms with van der Waals surface area (Å²) in [5, 5.41) is 9.24. The van der Waals surface area contributed by atoms with E-state index in [0.717, 1.165) is 12.1 Å². The highest BCUT2D eigenvalue weighted by molar-refractivity contribution is 5.39. The van der Waals surface area contributed by atoms with Crippen LogP contribution in [0, 0.1) is 0 Å². The molecule has 1 aromatic carbocycles. The van der Waals surface area contributed by atoms with E-state index >= 15 is 0 Å². The highest BCUT2D eigenvalue weighted by Gasteiger charge is 2.05. The lowest BCUT2D eigenvalue weighted by atomic mass is 10.2. The van der Waals surface area contributed by atoms with Crippen LogP contribution in [0.5, 0.6) is 5.75 Å². The maximum Gasteiger partial charge on any atom is 0.115 e. The summed E-state index contributed by atoms with van der Waals surface area (Å²) in [4.78, 5) is 0. The zero-order valence-electron chi connectivity index (χ0n) is 9.30. The summed E-state index contributed by atoms with van der Waals surface area (Å²) in [6, 6.07) is 11.4. The molecule has 1 heterocycles. The van der Waals surface area contributed by atoms with E-state index < -0.39 is 0 Å². The summed E-state index contributed by atoms with van der Waals surface area (Å²) >= 11 is 0. The summed E-state index contributed by atoms with van der Waals surface area (Å²) in [5.41, 5.74) is 8.02. The number of rotatable bonds is 3. The molecular formula is C13H16N2O. The maximum atomic E-state index is 9.24. The summed E-state index contributed by atoms with van der Waals surface area (Å²) in [5.74, 6) is 0.282. The number of hydrogen-bond acceptors (Lipinski definition) is 2. The van der Waals surface area contributed by atoms with Crippen LogP contribution in [0.3, 0.4) is 0 Å². The van der Waals surface area contributed by atoms with Gasteiger partial charge in [0, 0.05) is 30.0 Å². The van der Waals surface area contributed by atoms with Crippen LogP contribution >= 0.6 is 0 Å². The average molecular weight is 216 g/mol. The first-order valence-electron chi connectivity index (χ1n) is 5.38. The van der Waals surface area contributed by atoms with Gasteiger partial charge in [-0.1, -0.05) is 0 Å². The monoisotopic (exact) mass is 216 g/mol. The van der Waals surface area contributed by atoms with E-state index in [0.29, 0.717) is 0 Å². The lowest BCUT2D eigenvalue weighted by molar-refractivity contribution is 0.475. The second-order valence-electron chi connectivity index (χ2n) is 4.07. The zero-order chi connectivity index (χ0) is 11.5. The molecule has 0 fully saturated rings. The SMILES string of the molecule is CC(N)Cc1cccn1-c1ccc(O)cc1. The number of phenols is 1. The highest BCUT2D eigenvalue weighted by atomic mass is 16.3. The first-order valence-corrected chi connectivity index (χ1v) is 5.38. The topological polar surface area (TPSA) is 51.2 Å². The predicted octanol–water partition coefficient (Wildman–Crippen LogP) is 2.07. The van der Waals surface area contributed by atoms with E-state index in [4.69, 9.17) is 5.73 Å². The van der Waals surface area contributed by atoms with Crippen LogP contribution in [0.4, 0.5) is 0 Å². The van der Waals surface area contributed by atoms with Crippen LogP contribution in [0.15, 0.2) is 42.6 Å². The molecule has 1 unspecified atom stereocenters. The Balaban J connectivity index is 2.33. The van der Waals surface area contributed by atoms with Crippen molar-refractivity contribution in [3.05, 3.63) is 48.3 Å². The van der Waals surface area contributed by atoms with E-state index in [1.165, 1.54) is 5.69 Å². The van der Waals surface area contributed by atoms with Crippen molar-refractivity contribution in [3.63, 3.8) is 0 Å². The molecule has 0 saturated carbocycles. The van der Waals surface area contributed by atoms with E-state index in [1.807, 2.05) is 31.3 Å². The molecule has 0 radical (unpaired) electrons. The predicted molar refractivity (Wildman–Crippen MR) is 64.8 cm³/mol. The molecule has 16 heavy (non-hydrogen) atoms. The van der Waals surface area contributed by atoms with E-state index in [2.05, 4.69) is 10.6 Å². The Morgan fingerprint density at radius 2 is 1.94 bits per heavy atom.